The largest absolute Gasteiger partial charge is 0.494 e. The van der Waals surface area contributed by atoms with Crippen molar-refractivity contribution in [2.75, 3.05) is 13.2 Å². The average Bonchev–Trinajstić information content (AvgIpc) is 3.05. The Labute approximate surface area is 149 Å². The van der Waals surface area contributed by atoms with E-state index in [1.54, 1.807) is 30.3 Å². The Morgan fingerprint density at radius 1 is 1.00 bits per heavy atom. The van der Waals surface area contributed by atoms with Gasteiger partial charge in [0.2, 0.25) is 0 Å². The highest BCUT2D eigenvalue weighted by Gasteiger charge is 2.11. The minimum Gasteiger partial charge on any atom is -0.494 e. The molecule has 0 saturated carbocycles. The number of ether oxygens (including phenoxy) is 1. The quantitative estimate of drug-likeness (QED) is 0.682. The Kier molecular flexibility index (Phi) is 6.53. The van der Waals surface area contributed by atoms with E-state index in [0.29, 0.717) is 22.8 Å². The van der Waals surface area contributed by atoms with Crippen molar-refractivity contribution < 1.29 is 19.1 Å². The van der Waals surface area contributed by atoms with Gasteiger partial charge >= 0.3 is 0 Å². The van der Waals surface area contributed by atoms with Crippen molar-refractivity contribution in [1.29, 1.82) is 0 Å². The molecule has 132 valence electrons. The summed E-state index contributed by atoms with van der Waals surface area (Å²) < 4.78 is 5.29. The molecule has 0 atom stereocenters. The lowest BCUT2D eigenvalue weighted by Gasteiger charge is -2.09. The lowest BCUT2D eigenvalue weighted by molar-refractivity contribution is -0.120. The van der Waals surface area contributed by atoms with Crippen molar-refractivity contribution in [3.8, 4) is 5.75 Å². The average molecular weight is 361 g/mol. The third-order valence-electron chi connectivity index (χ3n) is 3.12. The molecule has 0 fully saturated rings. The minimum atomic E-state index is -0.527. The van der Waals surface area contributed by atoms with Gasteiger partial charge in [0.1, 0.15) is 5.75 Å². The minimum absolute atomic E-state index is 0.237. The van der Waals surface area contributed by atoms with Gasteiger partial charge < -0.3 is 10.1 Å². The number of thiophene rings is 1. The van der Waals surface area contributed by atoms with Crippen LogP contribution in [0.3, 0.4) is 0 Å². The maximum absolute atomic E-state index is 11.9. The molecule has 3 N–H and O–H groups in total. The van der Waals surface area contributed by atoms with Crippen LogP contribution in [0.2, 0.25) is 0 Å². The van der Waals surface area contributed by atoms with Crippen LogP contribution in [-0.4, -0.2) is 30.9 Å². The van der Waals surface area contributed by atoms with E-state index in [2.05, 4.69) is 16.2 Å². The molecule has 3 amide bonds. The molecule has 0 aliphatic heterocycles. The van der Waals surface area contributed by atoms with E-state index in [0.717, 1.165) is 4.88 Å². The Morgan fingerprint density at radius 2 is 1.72 bits per heavy atom. The van der Waals surface area contributed by atoms with Crippen molar-refractivity contribution in [3.05, 3.63) is 51.7 Å². The van der Waals surface area contributed by atoms with E-state index >= 15 is 0 Å². The normalized spacial score (nSPS) is 10.0. The number of carbonyl (C=O) groups excluding carboxylic acids is 3. The van der Waals surface area contributed by atoms with E-state index in [-0.39, 0.29) is 12.5 Å². The zero-order valence-corrected chi connectivity index (χ0v) is 14.7. The first kappa shape index (κ1) is 18.5. The number of carbonyl (C=O) groups is 3. The zero-order chi connectivity index (χ0) is 18.2. The summed E-state index contributed by atoms with van der Waals surface area (Å²) in [5, 5.41) is 2.49. The van der Waals surface area contributed by atoms with Crippen LogP contribution in [0.25, 0.3) is 0 Å². The molecule has 0 unspecified atom stereocenters. The molecule has 0 saturated heterocycles. The van der Waals surface area contributed by atoms with Crippen molar-refractivity contribution in [3.63, 3.8) is 0 Å². The lowest BCUT2D eigenvalue weighted by atomic mass is 10.2. The third-order valence-corrected chi connectivity index (χ3v) is 4.12. The zero-order valence-electron chi connectivity index (χ0n) is 13.9. The van der Waals surface area contributed by atoms with Gasteiger partial charge in [0, 0.05) is 10.4 Å². The number of hydrogen-bond acceptors (Lipinski definition) is 5. The van der Waals surface area contributed by atoms with Crippen LogP contribution < -0.4 is 20.9 Å². The SMILES string of the molecule is CCOc1ccc(C(=O)NNC(=O)CNC(=O)c2ccc(C)s2)cc1. The first-order valence-electron chi connectivity index (χ1n) is 7.66. The number of rotatable bonds is 6. The highest BCUT2D eigenvalue weighted by Crippen LogP contribution is 2.14. The Bertz CT molecular complexity index is 756. The second-order valence-electron chi connectivity index (χ2n) is 5.05. The van der Waals surface area contributed by atoms with E-state index in [4.69, 9.17) is 4.74 Å². The molecule has 0 aliphatic rings. The Hall–Kier alpha value is -2.87. The molecule has 0 bridgehead atoms. The van der Waals surface area contributed by atoms with Crippen molar-refractivity contribution in [2.24, 2.45) is 0 Å². The van der Waals surface area contributed by atoms with Crippen LogP contribution in [0.5, 0.6) is 5.75 Å². The summed E-state index contributed by atoms with van der Waals surface area (Å²) in [6, 6.07) is 10.0. The smallest absolute Gasteiger partial charge is 0.269 e. The van der Waals surface area contributed by atoms with Gasteiger partial charge in [0.15, 0.2) is 0 Å². The van der Waals surface area contributed by atoms with Gasteiger partial charge in [0.25, 0.3) is 17.7 Å². The monoisotopic (exact) mass is 361 g/mol. The predicted octanol–water partition coefficient (Wildman–Crippen LogP) is 1.65. The van der Waals surface area contributed by atoms with Gasteiger partial charge in [-0.3, -0.25) is 25.2 Å². The van der Waals surface area contributed by atoms with Crippen LogP contribution >= 0.6 is 11.3 Å². The summed E-state index contributed by atoms with van der Waals surface area (Å²) in [5.74, 6) is -0.654. The number of benzene rings is 1. The van der Waals surface area contributed by atoms with E-state index < -0.39 is 11.8 Å². The maximum Gasteiger partial charge on any atom is 0.269 e. The van der Waals surface area contributed by atoms with Crippen LogP contribution in [0.1, 0.15) is 31.8 Å². The third kappa shape index (κ3) is 5.61. The predicted molar refractivity (Wildman–Crippen MR) is 94.6 cm³/mol. The van der Waals surface area contributed by atoms with Crippen molar-refractivity contribution in [1.82, 2.24) is 16.2 Å². The fourth-order valence-electron chi connectivity index (χ4n) is 1.92. The molecular formula is C17H19N3O4S. The second-order valence-corrected chi connectivity index (χ2v) is 6.34. The van der Waals surface area contributed by atoms with Gasteiger partial charge in [-0.15, -0.1) is 11.3 Å². The lowest BCUT2D eigenvalue weighted by Crippen LogP contribution is -2.46. The molecule has 0 spiro atoms. The fraction of sp³-hybridized carbons (Fsp3) is 0.235. The number of nitrogens with one attached hydrogen (secondary N) is 3. The van der Waals surface area contributed by atoms with Crippen LogP contribution in [0.15, 0.2) is 36.4 Å². The van der Waals surface area contributed by atoms with Gasteiger partial charge in [-0.2, -0.15) is 0 Å². The topological polar surface area (TPSA) is 96.5 Å². The van der Waals surface area contributed by atoms with Gasteiger partial charge in [-0.05, 0) is 50.2 Å². The molecule has 1 heterocycles. The molecule has 7 nitrogen and oxygen atoms in total. The molecule has 1 aromatic carbocycles. The summed E-state index contributed by atoms with van der Waals surface area (Å²) in [7, 11) is 0. The van der Waals surface area contributed by atoms with E-state index in [1.165, 1.54) is 11.3 Å². The Balaban J connectivity index is 1.75. The number of amides is 3. The summed E-state index contributed by atoms with van der Waals surface area (Å²) in [5.41, 5.74) is 4.92. The molecule has 2 aromatic rings. The highest BCUT2D eigenvalue weighted by atomic mass is 32.1. The second kappa shape index (κ2) is 8.84. The number of hydrazine groups is 1. The maximum atomic E-state index is 11.9. The molecule has 1 aromatic heterocycles. The van der Waals surface area contributed by atoms with Gasteiger partial charge in [-0.1, -0.05) is 0 Å². The van der Waals surface area contributed by atoms with Crippen molar-refractivity contribution >= 4 is 29.1 Å². The van der Waals surface area contributed by atoms with Crippen LogP contribution in [-0.2, 0) is 4.79 Å². The first-order chi connectivity index (χ1) is 12.0. The van der Waals surface area contributed by atoms with Crippen molar-refractivity contribution in [2.45, 2.75) is 13.8 Å². The number of hydrogen-bond donors (Lipinski definition) is 3. The molecule has 8 heteroatoms. The highest BCUT2D eigenvalue weighted by molar-refractivity contribution is 7.13. The van der Waals surface area contributed by atoms with Gasteiger partial charge in [0.05, 0.1) is 18.0 Å². The first-order valence-corrected chi connectivity index (χ1v) is 8.48. The van der Waals surface area contributed by atoms with Crippen LogP contribution in [0, 0.1) is 6.92 Å². The molecule has 0 radical (unpaired) electrons. The molecule has 2 rings (SSSR count). The van der Waals surface area contributed by atoms with Crippen LogP contribution in [0.4, 0.5) is 0 Å². The van der Waals surface area contributed by atoms with E-state index in [1.807, 2.05) is 19.9 Å². The van der Waals surface area contributed by atoms with E-state index in [9.17, 15) is 14.4 Å². The summed E-state index contributed by atoms with van der Waals surface area (Å²) in [6.45, 7) is 4.07. The Morgan fingerprint density at radius 3 is 2.32 bits per heavy atom. The summed E-state index contributed by atoms with van der Waals surface area (Å²) in [6.07, 6.45) is 0. The molecule has 0 aliphatic carbocycles. The number of aryl methyl sites for hydroxylation is 1. The van der Waals surface area contributed by atoms with Gasteiger partial charge in [-0.25, -0.2) is 0 Å². The molecule has 25 heavy (non-hydrogen) atoms. The summed E-state index contributed by atoms with van der Waals surface area (Å²) >= 11 is 1.34. The molecular weight excluding hydrogens is 342 g/mol. The standard InChI is InChI=1S/C17H19N3O4S/c1-3-24-13-7-5-12(6-8-13)16(22)20-19-15(21)10-18-17(23)14-9-4-11(2)25-14/h4-9H,3,10H2,1-2H3,(H,18,23)(H,19,21)(H,20,22). The summed E-state index contributed by atoms with van der Waals surface area (Å²) in [4.78, 5) is 37.0. The fourth-order valence-corrected chi connectivity index (χ4v) is 2.70.